The molecule has 0 aromatic heterocycles. The van der Waals surface area contributed by atoms with Crippen molar-refractivity contribution in [3.05, 3.63) is 60.8 Å². The summed E-state index contributed by atoms with van der Waals surface area (Å²) in [6.45, 7) is 3.93. The van der Waals surface area contributed by atoms with Crippen molar-refractivity contribution in [3.8, 4) is 0 Å². The molecule has 0 saturated heterocycles. The standard InChI is InChI=1S/C40H69O12P/c1-3-5-7-9-11-13-15-17-18-20-22-24-26-28-30-49-31-33(51-34(41)29-27-25-23-21-19-16-14-12-10-8-6-4-2)32-50-53(47,48)52-40-38(45)36(43)35(42)37(44)39(40)46/h5,7,11-14,17-18,22,24,33,35-40,42-46H,3-4,6,8-10,15-16,19-21,23,25-32H2,1-2H3,(H,47,48)/b7-5-,13-11-,14-12-,18-17-,24-22-. The quantitative estimate of drug-likeness (QED) is 0.0190. The lowest BCUT2D eigenvalue weighted by Gasteiger charge is -2.41. The summed E-state index contributed by atoms with van der Waals surface area (Å²) in [5, 5.41) is 50.0. The third-order valence-corrected chi connectivity index (χ3v) is 9.61. The van der Waals surface area contributed by atoms with Crippen LogP contribution in [0.5, 0.6) is 0 Å². The summed E-state index contributed by atoms with van der Waals surface area (Å²) in [5.74, 6) is -0.510. The van der Waals surface area contributed by atoms with Gasteiger partial charge in [0.15, 0.2) is 0 Å². The molecule has 13 heteroatoms. The van der Waals surface area contributed by atoms with Gasteiger partial charge in [-0.25, -0.2) is 4.57 Å². The van der Waals surface area contributed by atoms with Crippen molar-refractivity contribution in [3.63, 3.8) is 0 Å². The van der Waals surface area contributed by atoms with Crippen LogP contribution in [0.4, 0.5) is 0 Å². The average molecular weight is 773 g/mol. The highest BCUT2D eigenvalue weighted by Gasteiger charge is 2.51. The minimum atomic E-state index is -5.03. The number of ether oxygens (including phenoxy) is 2. The molecule has 1 aliphatic carbocycles. The Morgan fingerprint density at radius 3 is 1.72 bits per heavy atom. The maximum absolute atomic E-state index is 12.7. The topological polar surface area (TPSA) is 192 Å². The highest BCUT2D eigenvalue weighted by molar-refractivity contribution is 7.47. The lowest BCUT2D eigenvalue weighted by Crippen LogP contribution is -2.64. The summed E-state index contributed by atoms with van der Waals surface area (Å²) in [5.41, 5.74) is 0. The predicted molar refractivity (Wildman–Crippen MR) is 207 cm³/mol. The first kappa shape index (κ1) is 49.1. The summed E-state index contributed by atoms with van der Waals surface area (Å²) in [6, 6.07) is 0. The largest absolute Gasteiger partial charge is 0.472 e. The van der Waals surface area contributed by atoms with Gasteiger partial charge in [0.25, 0.3) is 0 Å². The second kappa shape index (κ2) is 31.3. The molecule has 1 rings (SSSR count). The highest BCUT2D eigenvalue weighted by atomic mass is 31.2. The number of unbranched alkanes of at least 4 members (excludes halogenated alkanes) is 9. The lowest BCUT2D eigenvalue weighted by molar-refractivity contribution is -0.220. The Balaban J connectivity index is 2.53. The smallest absolute Gasteiger partial charge is 0.457 e. The van der Waals surface area contributed by atoms with Gasteiger partial charge < -0.3 is 39.9 Å². The minimum Gasteiger partial charge on any atom is -0.457 e. The van der Waals surface area contributed by atoms with Crippen molar-refractivity contribution in [2.75, 3.05) is 19.8 Å². The zero-order chi connectivity index (χ0) is 39.2. The van der Waals surface area contributed by atoms with Crippen LogP contribution < -0.4 is 0 Å². The van der Waals surface area contributed by atoms with Gasteiger partial charge in [0, 0.05) is 13.0 Å². The maximum Gasteiger partial charge on any atom is 0.472 e. The van der Waals surface area contributed by atoms with E-state index in [1.165, 1.54) is 19.3 Å². The van der Waals surface area contributed by atoms with Gasteiger partial charge >= 0.3 is 13.8 Å². The Hall–Kier alpha value is -1.96. The summed E-state index contributed by atoms with van der Waals surface area (Å²) < 4.78 is 33.9. The second-order valence-corrected chi connectivity index (χ2v) is 14.8. The van der Waals surface area contributed by atoms with Crippen LogP contribution in [0.3, 0.4) is 0 Å². The Morgan fingerprint density at radius 2 is 1.11 bits per heavy atom. The van der Waals surface area contributed by atoms with Crippen LogP contribution in [0.1, 0.15) is 123 Å². The number of rotatable bonds is 31. The molecule has 0 heterocycles. The minimum absolute atomic E-state index is 0.121. The molecular weight excluding hydrogens is 703 g/mol. The number of allylic oxidation sites excluding steroid dienone is 10. The Labute approximate surface area is 317 Å². The molecule has 1 aliphatic rings. The lowest BCUT2D eigenvalue weighted by atomic mass is 9.85. The molecule has 12 nitrogen and oxygen atoms in total. The van der Waals surface area contributed by atoms with Crippen molar-refractivity contribution in [1.29, 1.82) is 0 Å². The average Bonchev–Trinajstić information content (AvgIpc) is 3.14. The van der Waals surface area contributed by atoms with E-state index in [-0.39, 0.29) is 13.0 Å². The first-order valence-corrected chi connectivity index (χ1v) is 21.1. The summed E-state index contributed by atoms with van der Waals surface area (Å²) >= 11 is 0. The number of phosphoric ester groups is 1. The van der Waals surface area contributed by atoms with Crippen LogP contribution >= 0.6 is 7.82 Å². The van der Waals surface area contributed by atoms with Crippen LogP contribution in [0, 0.1) is 0 Å². The van der Waals surface area contributed by atoms with Crippen LogP contribution in [0.2, 0.25) is 0 Å². The van der Waals surface area contributed by atoms with Gasteiger partial charge in [0.05, 0.1) is 13.2 Å². The van der Waals surface area contributed by atoms with Gasteiger partial charge in [0.1, 0.15) is 42.7 Å². The fourth-order valence-electron chi connectivity index (χ4n) is 5.47. The number of aliphatic hydroxyl groups is 5. The Bertz CT molecular complexity index is 1110. The molecule has 0 aliphatic heterocycles. The Kier molecular flexibility index (Phi) is 28.9. The van der Waals surface area contributed by atoms with Crippen molar-refractivity contribution in [2.24, 2.45) is 0 Å². The monoisotopic (exact) mass is 772 g/mol. The number of phosphoric acid groups is 1. The number of esters is 1. The molecule has 0 bridgehead atoms. The van der Waals surface area contributed by atoms with E-state index in [1.54, 1.807) is 0 Å². The van der Waals surface area contributed by atoms with Gasteiger partial charge in [-0.15, -0.1) is 0 Å². The molecule has 53 heavy (non-hydrogen) atoms. The maximum atomic E-state index is 12.7. The fourth-order valence-corrected chi connectivity index (χ4v) is 6.44. The van der Waals surface area contributed by atoms with E-state index in [0.717, 1.165) is 70.6 Å². The third kappa shape index (κ3) is 24.2. The molecule has 6 N–H and O–H groups in total. The molecule has 6 unspecified atom stereocenters. The number of carbonyl (C=O) groups is 1. The van der Waals surface area contributed by atoms with Crippen molar-refractivity contribution in [1.82, 2.24) is 0 Å². The van der Waals surface area contributed by atoms with Gasteiger partial charge in [-0.3, -0.25) is 13.8 Å². The SMILES string of the molecule is CC/C=C\C/C=C\C/C=C\C/C=C\CCCOCC(COP(=O)(O)OC1C(O)C(O)C(O)C(O)C1O)OC(=O)CCCCCCC/C=C\CCCCC. The van der Waals surface area contributed by atoms with E-state index >= 15 is 0 Å². The zero-order valence-corrected chi connectivity index (χ0v) is 32.9. The van der Waals surface area contributed by atoms with Gasteiger partial charge in [-0.2, -0.15) is 0 Å². The third-order valence-electron chi connectivity index (χ3n) is 8.62. The molecule has 0 aromatic carbocycles. The van der Waals surface area contributed by atoms with E-state index in [9.17, 15) is 39.8 Å². The summed E-state index contributed by atoms with van der Waals surface area (Å²) in [6.07, 6.45) is 24.6. The predicted octanol–water partition coefficient (Wildman–Crippen LogP) is 6.69. The second-order valence-electron chi connectivity index (χ2n) is 13.4. The summed E-state index contributed by atoms with van der Waals surface area (Å²) in [4.78, 5) is 23.0. The highest BCUT2D eigenvalue weighted by Crippen LogP contribution is 2.47. The Morgan fingerprint density at radius 1 is 0.623 bits per heavy atom. The van der Waals surface area contributed by atoms with E-state index in [2.05, 4.69) is 74.6 Å². The number of hydrogen-bond acceptors (Lipinski definition) is 11. The first-order valence-electron chi connectivity index (χ1n) is 19.6. The molecule has 6 atom stereocenters. The number of hydrogen-bond donors (Lipinski definition) is 6. The van der Waals surface area contributed by atoms with Crippen molar-refractivity contribution < 1.29 is 58.3 Å². The van der Waals surface area contributed by atoms with E-state index in [1.807, 2.05) is 0 Å². The van der Waals surface area contributed by atoms with Crippen molar-refractivity contribution in [2.45, 2.75) is 166 Å². The number of aliphatic hydroxyl groups excluding tert-OH is 5. The van der Waals surface area contributed by atoms with Crippen LogP contribution in [0.15, 0.2) is 60.8 Å². The molecule has 0 radical (unpaired) electrons. The van der Waals surface area contributed by atoms with Gasteiger partial charge in [-0.1, -0.05) is 107 Å². The van der Waals surface area contributed by atoms with Crippen molar-refractivity contribution >= 4 is 13.8 Å². The van der Waals surface area contributed by atoms with Gasteiger partial charge in [0.2, 0.25) is 0 Å². The molecule has 0 aromatic rings. The summed E-state index contributed by atoms with van der Waals surface area (Å²) in [7, 11) is -5.03. The first-order chi connectivity index (χ1) is 25.5. The van der Waals surface area contributed by atoms with Crippen LogP contribution in [-0.2, 0) is 27.9 Å². The molecule has 0 amide bonds. The fraction of sp³-hybridized carbons (Fsp3) is 0.725. The van der Waals surface area contributed by atoms with E-state index < -0.39 is 63.1 Å². The van der Waals surface area contributed by atoms with Crippen LogP contribution in [0.25, 0.3) is 0 Å². The van der Waals surface area contributed by atoms with Gasteiger partial charge in [-0.05, 0) is 70.6 Å². The molecule has 1 saturated carbocycles. The van der Waals surface area contributed by atoms with Crippen LogP contribution in [-0.4, -0.2) is 98.9 Å². The molecule has 1 fully saturated rings. The van der Waals surface area contributed by atoms with E-state index in [4.69, 9.17) is 18.5 Å². The molecule has 0 spiro atoms. The normalized spacial score (nSPS) is 24.3. The molecule has 306 valence electrons. The molecular formula is C40H69O12P. The van der Waals surface area contributed by atoms with E-state index in [0.29, 0.717) is 19.4 Å². The number of carbonyl (C=O) groups excluding carboxylic acids is 1. The zero-order valence-electron chi connectivity index (χ0n) is 32.0.